The van der Waals surface area contributed by atoms with Gasteiger partial charge in [-0.15, -0.1) is 0 Å². The molecule has 1 aromatic rings. The van der Waals surface area contributed by atoms with Crippen LogP contribution in [0, 0.1) is 0 Å². The molecule has 0 spiro atoms. The molecule has 1 heterocycles. The van der Waals surface area contributed by atoms with Crippen molar-refractivity contribution in [2.75, 3.05) is 38.7 Å². The van der Waals surface area contributed by atoms with Crippen LogP contribution in [0.1, 0.15) is 0 Å². The van der Waals surface area contributed by atoms with Gasteiger partial charge in [-0.25, -0.2) is 0 Å². The van der Waals surface area contributed by atoms with E-state index in [9.17, 15) is 4.79 Å². The lowest BCUT2D eigenvalue weighted by Crippen LogP contribution is -2.58. The van der Waals surface area contributed by atoms with Gasteiger partial charge in [-0.2, -0.15) is 0 Å². The number of piperazine rings is 1. The van der Waals surface area contributed by atoms with Gasteiger partial charge in [0.05, 0.1) is 12.8 Å². The van der Waals surface area contributed by atoms with E-state index in [2.05, 4.69) is 15.5 Å². The lowest BCUT2D eigenvalue weighted by Gasteiger charge is -2.37. The minimum Gasteiger partial charge on any atom is -0.495 e. The van der Waals surface area contributed by atoms with E-state index in [-0.39, 0.29) is 11.9 Å². The van der Waals surface area contributed by atoms with Crippen LogP contribution < -0.4 is 20.3 Å². The maximum Gasteiger partial charge on any atom is 0.244 e. The average molecular weight is 249 g/mol. The summed E-state index contributed by atoms with van der Waals surface area (Å²) < 4.78 is 5.37. The number of anilines is 1. The van der Waals surface area contributed by atoms with Crippen LogP contribution in [0.25, 0.3) is 0 Å². The summed E-state index contributed by atoms with van der Waals surface area (Å²) >= 11 is 0. The molecule has 1 amide bonds. The number of amides is 1. The fourth-order valence-electron chi connectivity index (χ4n) is 2.27. The van der Waals surface area contributed by atoms with Gasteiger partial charge in [0.15, 0.2) is 0 Å². The Labute approximate surface area is 107 Å². The standard InChI is InChI=1S/C13H19N3O2/c1-14-9-11-13(17)15-7-8-16(11)10-5-3-4-6-12(10)18-2/h3-6,11,14H,7-9H2,1-2H3,(H,15,17). The molecule has 98 valence electrons. The summed E-state index contributed by atoms with van der Waals surface area (Å²) in [5.74, 6) is 0.856. The summed E-state index contributed by atoms with van der Waals surface area (Å²) in [6.07, 6.45) is 0. The SMILES string of the molecule is CNCC1C(=O)NCCN1c1ccccc1OC. The molecule has 1 aliphatic heterocycles. The Bertz CT molecular complexity index is 422. The smallest absolute Gasteiger partial charge is 0.244 e. The fourth-order valence-corrected chi connectivity index (χ4v) is 2.27. The largest absolute Gasteiger partial charge is 0.495 e. The number of rotatable bonds is 4. The molecule has 0 radical (unpaired) electrons. The van der Waals surface area contributed by atoms with E-state index in [1.807, 2.05) is 31.3 Å². The Hall–Kier alpha value is -1.75. The molecule has 5 nitrogen and oxygen atoms in total. The van der Waals surface area contributed by atoms with E-state index >= 15 is 0 Å². The number of methoxy groups -OCH3 is 1. The highest BCUT2D eigenvalue weighted by Crippen LogP contribution is 2.29. The fraction of sp³-hybridized carbons (Fsp3) is 0.462. The zero-order chi connectivity index (χ0) is 13.0. The Morgan fingerprint density at radius 1 is 1.50 bits per heavy atom. The lowest BCUT2D eigenvalue weighted by atomic mass is 10.1. The van der Waals surface area contributed by atoms with E-state index in [0.29, 0.717) is 13.1 Å². The summed E-state index contributed by atoms with van der Waals surface area (Å²) in [7, 11) is 3.50. The molecule has 1 aromatic carbocycles. The van der Waals surface area contributed by atoms with Crippen LogP contribution in [0.5, 0.6) is 5.75 Å². The van der Waals surface area contributed by atoms with Crippen molar-refractivity contribution in [3.8, 4) is 5.75 Å². The second-order valence-electron chi connectivity index (χ2n) is 4.23. The highest BCUT2D eigenvalue weighted by molar-refractivity contribution is 5.87. The summed E-state index contributed by atoms with van der Waals surface area (Å²) in [5, 5.41) is 5.95. The number of nitrogens with one attached hydrogen (secondary N) is 2. The van der Waals surface area contributed by atoms with Gasteiger partial charge in [0.2, 0.25) is 5.91 Å². The molecular formula is C13H19N3O2. The van der Waals surface area contributed by atoms with Crippen LogP contribution in [0.4, 0.5) is 5.69 Å². The Kier molecular flexibility index (Phi) is 4.04. The van der Waals surface area contributed by atoms with Gasteiger partial charge >= 0.3 is 0 Å². The van der Waals surface area contributed by atoms with Gasteiger partial charge in [-0.3, -0.25) is 4.79 Å². The normalized spacial score (nSPS) is 19.6. The zero-order valence-corrected chi connectivity index (χ0v) is 10.8. The molecule has 18 heavy (non-hydrogen) atoms. The van der Waals surface area contributed by atoms with Crippen molar-refractivity contribution >= 4 is 11.6 Å². The monoisotopic (exact) mass is 249 g/mol. The van der Waals surface area contributed by atoms with Gasteiger partial charge in [0, 0.05) is 19.6 Å². The third-order valence-corrected chi connectivity index (χ3v) is 3.12. The molecule has 0 aliphatic carbocycles. The van der Waals surface area contributed by atoms with Crippen molar-refractivity contribution in [3.05, 3.63) is 24.3 Å². The first-order valence-corrected chi connectivity index (χ1v) is 6.10. The van der Waals surface area contributed by atoms with Gasteiger partial charge in [-0.05, 0) is 19.2 Å². The highest BCUT2D eigenvalue weighted by Gasteiger charge is 2.30. The maximum absolute atomic E-state index is 11.9. The molecule has 0 aromatic heterocycles. The quantitative estimate of drug-likeness (QED) is 0.801. The van der Waals surface area contributed by atoms with Crippen molar-refractivity contribution in [2.45, 2.75) is 6.04 Å². The first kappa shape index (κ1) is 12.7. The number of carbonyl (C=O) groups excluding carboxylic acids is 1. The van der Waals surface area contributed by atoms with Crippen molar-refractivity contribution < 1.29 is 9.53 Å². The Morgan fingerprint density at radius 3 is 3.00 bits per heavy atom. The number of hydrogen-bond donors (Lipinski definition) is 2. The van der Waals surface area contributed by atoms with Gasteiger partial charge in [0.25, 0.3) is 0 Å². The summed E-state index contributed by atoms with van der Waals surface area (Å²) in [6, 6.07) is 7.60. The second-order valence-corrected chi connectivity index (χ2v) is 4.23. The summed E-state index contributed by atoms with van der Waals surface area (Å²) in [5.41, 5.74) is 0.968. The topological polar surface area (TPSA) is 53.6 Å². The van der Waals surface area contributed by atoms with Crippen LogP contribution >= 0.6 is 0 Å². The molecule has 2 rings (SSSR count). The number of likely N-dealkylation sites (N-methyl/N-ethyl adjacent to an activating group) is 1. The van der Waals surface area contributed by atoms with Crippen molar-refractivity contribution in [1.29, 1.82) is 0 Å². The first-order chi connectivity index (χ1) is 8.77. The van der Waals surface area contributed by atoms with E-state index in [1.165, 1.54) is 0 Å². The molecular weight excluding hydrogens is 230 g/mol. The van der Waals surface area contributed by atoms with Crippen molar-refractivity contribution in [2.24, 2.45) is 0 Å². The van der Waals surface area contributed by atoms with E-state index in [4.69, 9.17) is 4.74 Å². The molecule has 2 N–H and O–H groups in total. The van der Waals surface area contributed by atoms with Crippen LogP contribution in [0.3, 0.4) is 0 Å². The Morgan fingerprint density at radius 2 is 2.28 bits per heavy atom. The number of nitrogens with zero attached hydrogens (tertiary/aromatic N) is 1. The number of carbonyl (C=O) groups is 1. The molecule has 1 atom stereocenters. The maximum atomic E-state index is 11.9. The first-order valence-electron chi connectivity index (χ1n) is 6.10. The number of benzene rings is 1. The summed E-state index contributed by atoms with van der Waals surface area (Å²) in [4.78, 5) is 14.0. The van der Waals surface area contributed by atoms with Crippen LogP contribution in [-0.2, 0) is 4.79 Å². The molecule has 0 bridgehead atoms. The molecule has 5 heteroatoms. The van der Waals surface area contributed by atoms with E-state index < -0.39 is 0 Å². The minimum atomic E-state index is -0.194. The average Bonchev–Trinajstić information content (AvgIpc) is 2.41. The molecule has 1 fully saturated rings. The van der Waals surface area contributed by atoms with Crippen molar-refractivity contribution in [3.63, 3.8) is 0 Å². The van der Waals surface area contributed by atoms with Gasteiger partial charge < -0.3 is 20.3 Å². The van der Waals surface area contributed by atoms with Crippen molar-refractivity contribution in [1.82, 2.24) is 10.6 Å². The number of hydrogen-bond acceptors (Lipinski definition) is 4. The molecule has 1 saturated heterocycles. The van der Waals surface area contributed by atoms with Gasteiger partial charge in [-0.1, -0.05) is 12.1 Å². The van der Waals surface area contributed by atoms with E-state index in [0.717, 1.165) is 18.0 Å². The zero-order valence-electron chi connectivity index (χ0n) is 10.8. The Balaban J connectivity index is 2.31. The number of ether oxygens (including phenoxy) is 1. The minimum absolute atomic E-state index is 0.0570. The summed E-state index contributed by atoms with van der Waals surface area (Å²) in [6.45, 7) is 2.07. The van der Waals surface area contributed by atoms with Crippen LogP contribution in [0.15, 0.2) is 24.3 Å². The number of para-hydroxylation sites is 2. The van der Waals surface area contributed by atoms with Crippen LogP contribution in [0.2, 0.25) is 0 Å². The predicted molar refractivity (Wildman–Crippen MR) is 71.1 cm³/mol. The molecule has 1 aliphatic rings. The highest BCUT2D eigenvalue weighted by atomic mass is 16.5. The third kappa shape index (κ3) is 2.41. The van der Waals surface area contributed by atoms with Crippen LogP contribution in [-0.4, -0.2) is 45.7 Å². The van der Waals surface area contributed by atoms with Gasteiger partial charge in [0.1, 0.15) is 11.8 Å². The second kappa shape index (κ2) is 5.73. The lowest BCUT2D eigenvalue weighted by molar-refractivity contribution is -0.123. The molecule has 0 saturated carbocycles. The molecule has 1 unspecified atom stereocenters. The predicted octanol–water partition coefficient (Wildman–Crippen LogP) is 0.219. The third-order valence-electron chi connectivity index (χ3n) is 3.12. The van der Waals surface area contributed by atoms with E-state index in [1.54, 1.807) is 7.11 Å².